The maximum Gasteiger partial charge on any atom is 0.407 e. The predicted molar refractivity (Wildman–Crippen MR) is 122 cm³/mol. The van der Waals surface area contributed by atoms with Crippen molar-refractivity contribution in [3.05, 3.63) is 59.7 Å². The van der Waals surface area contributed by atoms with E-state index in [0.29, 0.717) is 19.4 Å². The van der Waals surface area contributed by atoms with Crippen LogP contribution < -0.4 is 5.32 Å². The van der Waals surface area contributed by atoms with E-state index in [2.05, 4.69) is 5.32 Å². The highest BCUT2D eigenvalue weighted by atomic mass is 16.5. The number of hydrogen-bond acceptors (Lipinski definition) is 6. The van der Waals surface area contributed by atoms with Crippen molar-refractivity contribution in [1.82, 2.24) is 10.2 Å². The molecule has 1 heterocycles. The van der Waals surface area contributed by atoms with E-state index < -0.39 is 29.6 Å². The molecule has 0 aromatic heterocycles. The molecule has 1 fully saturated rings. The average Bonchev–Trinajstić information content (AvgIpc) is 3.13. The second kappa shape index (κ2) is 9.82. The fourth-order valence-electron chi connectivity index (χ4n) is 4.57. The van der Waals surface area contributed by atoms with Gasteiger partial charge in [-0.3, -0.25) is 4.79 Å². The van der Waals surface area contributed by atoms with E-state index in [1.807, 2.05) is 48.5 Å². The van der Waals surface area contributed by atoms with Gasteiger partial charge in [-0.1, -0.05) is 48.5 Å². The lowest BCUT2D eigenvalue weighted by molar-refractivity contribution is -0.182. The molecule has 9 nitrogen and oxygen atoms in total. The minimum atomic E-state index is -1.95. The summed E-state index contributed by atoms with van der Waals surface area (Å²) in [4.78, 5) is 37.9. The van der Waals surface area contributed by atoms with Crippen LogP contribution in [0.3, 0.4) is 0 Å². The average molecular weight is 469 g/mol. The van der Waals surface area contributed by atoms with Crippen LogP contribution in [0.25, 0.3) is 11.1 Å². The molecule has 2 aromatic rings. The predicted octanol–water partition coefficient (Wildman–Crippen LogP) is 1.98. The smallest absolute Gasteiger partial charge is 0.407 e. The molecule has 0 radical (unpaired) electrons. The highest BCUT2D eigenvalue weighted by Gasteiger charge is 2.51. The fourth-order valence-corrected chi connectivity index (χ4v) is 4.57. The molecule has 2 aliphatic rings. The lowest BCUT2D eigenvalue weighted by Gasteiger charge is -2.44. The molecule has 1 aliphatic heterocycles. The summed E-state index contributed by atoms with van der Waals surface area (Å²) in [7, 11) is 1.54. The fraction of sp³-hybridized carbons (Fsp3) is 0.400. The molecule has 180 valence electrons. The highest BCUT2D eigenvalue weighted by Crippen LogP contribution is 2.44. The largest absolute Gasteiger partial charge is 0.479 e. The van der Waals surface area contributed by atoms with Crippen LogP contribution in [-0.2, 0) is 19.1 Å². The molecular weight excluding hydrogens is 440 g/mol. The second-order valence-electron chi connectivity index (χ2n) is 8.69. The Hall–Kier alpha value is -3.43. The van der Waals surface area contributed by atoms with Gasteiger partial charge < -0.3 is 29.9 Å². The molecule has 1 atom stereocenters. The molecule has 2 amide bonds. The SMILES string of the molecule is COCCCC(NC(=O)OCC1c2ccccc2-c2ccccc21)C(=O)N1CC(O)(C(=O)O)C1. The van der Waals surface area contributed by atoms with Crippen LogP contribution >= 0.6 is 0 Å². The summed E-state index contributed by atoms with van der Waals surface area (Å²) in [6.45, 7) is -0.140. The summed E-state index contributed by atoms with van der Waals surface area (Å²) in [5, 5.41) is 21.6. The number of nitrogens with zero attached hydrogens (tertiary/aromatic N) is 1. The van der Waals surface area contributed by atoms with Gasteiger partial charge in [-0.05, 0) is 35.1 Å². The Morgan fingerprint density at radius 2 is 1.68 bits per heavy atom. The lowest BCUT2D eigenvalue weighted by Crippen LogP contribution is -2.69. The number of ether oxygens (including phenoxy) is 2. The topological polar surface area (TPSA) is 125 Å². The maximum absolute atomic E-state index is 12.9. The summed E-state index contributed by atoms with van der Waals surface area (Å²) in [5.74, 6) is -1.95. The lowest BCUT2D eigenvalue weighted by atomic mass is 9.93. The van der Waals surface area contributed by atoms with Crippen molar-refractivity contribution < 1.29 is 34.1 Å². The molecule has 0 spiro atoms. The van der Waals surface area contributed by atoms with Crippen molar-refractivity contribution in [2.24, 2.45) is 0 Å². The minimum absolute atomic E-state index is 0.109. The first-order valence-corrected chi connectivity index (χ1v) is 11.2. The number of amides is 2. The van der Waals surface area contributed by atoms with Crippen molar-refractivity contribution in [3.63, 3.8) is 0 Å². The number of carboxylic acids is 1. The Morgan fingerprint density at radius 3 is 2.24 bits per heavy atom. The number of likely N-dealkylation sites (tertiary alicyclic amines) is 1. The number of β-amino-alcohol motifs (C(OH)–C–C–N with tert-alkyl or cyclic N) is 1. The number of fused-ring (bicyclic) bond motifs is 3. The van der Waals surface area contributed by atoms with Crippen LogP contribution in [0.1, 0.15) is 29.9 Å². The molecule has 1 aliphatic carbocycles. The number of alkyl carbamates (subject to hydrolysis) is 1. The molecule has 1 saturated heterocycles. The van der Waals surface area contributed by atoms with E-state index in [1.54, 1.807) is 0 Å². The van der Waals surface area contributed by atoms with Crippen LogP contribution in [-0.4, -0.2) is 78.1 Å². The van der Waals surface area contributed by atoms with Crippen LogP contribution in [0.5, 0.6) is 0 Å². The first-order chi connectivity index (χ1) is 16.3. The van der Waals surface area contributed by atoms with Crippen molar-refractivity contribution in [2.45, 2.75) is 30.4 Å². The number of rotatable bonds is 9. The van der Waals surface area contributed by atoms with Crippen LogP contribution in [0.2, 0.25) is 0 Å². The van der Waals surface area contributed by atoms with Crippen molar-refractivity contribution in [1.29, 1.82) is 0 Å². The highest BCUT2D eigenvalue weighted by molar-refractivity contribution is 5.89. The molecule has 4 rings (SSSR count). The van der Waals surface area contributed by atoms with Crippen LogP contribution in [0.15, 0.2) is 48.5 Å². The maximum atomic E-state index is 12.9. The Labute approximate surface area is 197 Å². The summed E-state index contributed by atoms with van der Waals surface area (Å²) >= 11 is 0. The summed E-state index contributed by atoms with van der Waals surface area (Å²) in [5.41, 5.74) is 2.44. The number of hydrogen-bond donors (Lipinski definition) is 3. The van der Waals surface area contributed by atoms with Crippen LogP contribution in [0, 0.1) is 0 Å². The number of carbonyl (C=O) groups is 3. The van der Waals surface area contributed by atoms with Gasteiger partial charge in [0.25, 0.3) is 0 Å². The second-order valence-corrected chi connectivity index (χ2v) is 8.69. The van der Waals surface area contributed by atoms with Gasteiger partial charge in [-0.2, -0.15) is 0 Å². The van der Waals surface area contributed by atoms with E-state index in [4.69, 9.17) is 14.6 Å². The van der Waals surface area contributed by atoms with E-state index >= 15 is 0 Å². The number of carboxylic acid groups (broad SMARTS) is 1. The van der Waals surface area contributed by atoms with Crippen LogP contribution in [0.4, 0.5) is 4.79 Å². The Balaban J connectivity index is 1.39. The Bertz CT molecular complexity index is 1030. The third kappa shape index (κ3) is 4.62. The van der Waals surface area contributed by atoms with E-state index in [9.17, 15) is 19.5 Å². The van der Waals surface area contributed by atoms with Gasteiger partial charge in [0.05, 0.1) is 13.1 Å². The van der Waals surface area contributed by atoms with Gasteiger partial charge >= 0.3 is 12.1 Å². The molecule has 1 unspecified atom stereocenters. The van der Waals surface area contributed by atoms with Crippen molar-refractivity contribution in [2.75, 3.05) is 33.4 Å². The van der Waals surface area contributed by atoms with Crippen molar-refractivity contribution >= 4 is 18.0 Å². The molecular formula is C25H28N2O7. The van der Waals surface area contributed by atoms with Gasteiger partial charge in [0.1, 0.15) is 12.6 Å². The molecule has 2 aromatic carbocycles. The first-order valence-electron chi connectivity index (χ1n) is 11.2. The number of benzene rings is 2. The van der Waals surface area contributed by atoms with E-state index in [0.717, 1.165) is 22.3 Å². The zero-order valence-electron chi connectivity index (χ0n) is 18.9. The first kappa shape index (κ1) is 23.7. The van der Waals surface area contributed by atoms with Gasteiger partial charge in [-0.15, -0.1) is 0 Å². The Kier molecular flexibility index (Phi) is 6.85. The summed E-state index contributed by atoms with van der Waals surface area (Å²) in [6.07, 6.45) is 0.0681. The zero-order valence-corrected chi connectivity index (χ0v) is 18.9. The monoisotopic (exact) mass is 468 g/mol. The number of aliphatic hydroxyl groups is 1. The summed E-state index contributed by atoms with van der Waals surface area (Å²) in [6, 6.07) is 15.1. The van der Waals surface area contributed by atoms with Gasteiger partial charge in [0.2, 0.25) is 5.91 Å². The third-order valence-electron chi connectivity index (χ3n) is 6.39. The minimum Gasteiger partial charge on any atom is -0.479 e. The standard InChI is InChI=1S/C25H28N2O7/c1-33-12-6-11-21(22(28)27-14-25(32,15-27)23(29)30)26-24(31)34-13-20-18-9-4-2-7-16(18)17-8-3-5-10-19(17)20/h2-5,7-10,20-21,32H,6,11-15H2,1H3,(H,26,31)(H,29,30). The molecule has 0 saturated carbocycles. The quantitative estimate of drug-likeness (QED) is 0.481. The molecule has 0 bridgehead atoms. The van der Waals surface area contributed by atoms with Gasteiger partial charge in [0, 0.05) is 19.6 Å². The molecule has 9 heteroatoms. The summed E-state index contributed by atoms with van der Waals surface area (Å²) < 4.78 is 10.6. The van der Waals surface area contributed by atoms with Gasteiger partial charge in [0.15, 0.2) is 5.60 Å². The van der Waals surface area contributed by atoms with E-state index in [1.165, 1.54) is 12.0 Å². The molecule has 3 N–H and O–H groups in total. The Morgan fingerprint density at radius 1 is 1.09 bits per heavy atom. The normalized spacial score (nSPS) is 16.7. The number of methoxy groups -OCH3 is 1. The third-order valence-corrected chi connectivity index (χ3v) is 6.39. The van der Waals surface area contributed by atoms with Gasteiger partial charge in [-0.25, -0.2) is 9.59 Å². The number of carbonyl (C=O) groups excluding carboxylic acids is 2. The zero-order chi connectivity index (χ0) is 24.3. The van der Waals surface area contributed by atoms with Crippen molar-refractivity contribution in [3.8, 4) is 11.1 Å². The number of nitrogens with one attached hydrogen (secondary N) is 1. The number of aliphatic carboxylic acids is 1. The molecule has 34 heavy (non-hydrogen) atoms. The van der Waals surface area contributed by atoms with E-state index in [-0.39, 0.29) is 25.6 Å².